The highest BCUT2D eigenvalue weighted by Gasteiger charge is 2.10. The van der Waals surface area contributed by atoms with Crippen LogP contribution < -0.4 is 5.32 Å². The zero-order valence-electron chi connectivity index (χ0n) is 10.1. The lowest BCUT2D eigenvalue weighted by atomic mass is 10.0. The highest BCUT2D eigenvalue weighted by Crippen LogP contribution is 2.26. The number of rotatable bonds is 3. The van der Waals surface area contributed by atoms with Crippen LogP contribution in [0.5, 0.6) is 0 Å². The van der Waals surface area contributed by atoms with Crippen LogP contribution >= 0.6 is 0 Å². The maximum Gasteiger partial charge on any atom is 0.321 e. The first-order chi connectivity index (χ1) is 8.88. The molecule has 3 aromatic rings. The van der Waals surface area contributed by atoms with Crippen molar-refractivity contribution < 1.29 is 4.52 Å². The molecule has 0 saturated heterocycles. The molecule has 1 aromatic heterocycles. The minimum atomic E-state index is 0.459. The third kappa shape index (κ3) is 1.82. The normalized spacial score (nSPS) is 10.7. The van der Waals surface area contributed by atoms with Crippen LogP contribution in [0.1, 0.15) is 6.92 Å². The summed E-state index contributed by atoms with van der Waals surface area (Å²) in [6, 6.07) is 14.7. The molecule has 0 aliphatic heterocycles. The van der Waals surface area contributed by atoms with Crippen molar-refractivity contribution in [1.82, 2.24) is 10.1 Å². The van der Waals surface area contributed by atoms with Gasteiger partial charge >= 0.3 is 6.01 Å². The monoisotopic (exact) mass is 239 g/mol. The summed E-state index contributed by atoms with van der Waals surface area (Å²) in [6.45, 7) is 2.75. The van der Waals surface area contributed by atoms with Gasteiger partial charge in [0.2, 0.25) is 5.82 Å². The molecule has 0 unspecified atom stereocenters. The standard InChI is InChI=1S/C14H13N3O/c1-2-15-14-16-13(17-18-14)12-9-5-7-10-6-3-4-8-11(10)12/h3-9H,2H2,1H3,(H,15,16,17). The number of nitrogens with zero attached hydrogens (tertiary/aromatic N) is 2. The van der Waals surface area contributed by atoms with Crippen molar-refractivity contribution in [2.45, 2.75) is 6.92 Å². The molecule has 0 bridgehead atoms. The van der Waals surface area contributed by atoms with Crippen molar-refractivity contribution in [1.29, 1.82) is 0 Å². The Bertz CT molecular complexity index is 670. The first-order valence-electron chi connectivity index (χ1n) is 5.94. The van der Waals surface area contributed by atoms with Gasteiger partial charge < -0.3 is 9.84 Å². The summed E-state index contributed by atoms with van der Waals surface area (Å²) in [6.07, 6.45) is 0. The van der Waals surface area contributed by atoms with Crippen molar-refractivity contribution in [2.24, 2.45) is 0 Å². The van der Waals surface area contributed by atoms with Gasteiger partial charge in [0.05, 0.1) is 0 Å². The first kappa shape index (κ1) is 10.8. The molecule has 1 heterocycles. The molecule has 2 aromatic carbocycles. The predicted molar refractivity (Wildman–Crippen MR) is 71.4 cm³/mol. The fourth-order valence-corrected chi connectivity index (χ4v) is 1.98. The second-order valence-electron chi connectivity index (χ2n) is 3.98. The summed E-state index contributed by atoms with van der Waals surface area (Å²) in [5.74, 6) is 0.614. The Hall–Kier alpha value is -2.36. The number of benzene rings is 2. The van der Waals surface area contributed by atoms with E-state index >= 15 is 0 Å². The number of nitrogens with one attached hydrogen (secondary N) is 1. The van der Waals surface area contributed by atoms with Gasteiger partial charge in [-0.25, -0.2) is 0 Å². The van der Waals surface area contributed by atoms with Crippen molar-refractivity contribution >= 4 is 16.8 Å². The summed E-state index contributed by atoms with van der Waals surface area (Å²) in [5.41, 5.74) is 0.987. The molecular weight excluding hydrogens is 226 g/mol. The van der Waals surface area contributed by atoms with Crippen molar-refractivity contribution in [3.8, 4) is 11.4 Å². The van der Waals surface area contributed by atoms with Crippen LogP contribution in [0, 0.1) is 0 Å². The van der Waals surface area contributed by atoms with Gasteiger partial charge in [0.15, 0.2) is 0 Å². The molecule has 0 aliphatic rings. The lowest BCUT2D eigenvalue weighted by molar-refractivity contribution is 0.433. The maximum atomic E-state index is 5.14. The fourth-order valence-electron chi connectivity index (χ4n) is 1.98. The van der Waals surface area contributed by atoms with Crippen LogP contribution in [-0.4, -0.2) is 16.7 Å². The zero-order valence-corrected chi connectivity index (χ0v) is 10.1. The average Bonchev–Trinajstić information content (AvgIpc) is 2.87. The van der Waals surface area contributed by atoms with Crippen LogP contribution in [0.15, 0.2) is 47.0 Å². The summed E-state index contributed by atoms with van der Waals surface area (Å²) in [5, 5.41) is 9.31. The van der Waals surface area contributed by atoms with E-state index in [1.165, 1.54) is 5.39 Å². The predicted octanol–water partition coefficient (Wildman–Crippen LogP) is 3.32. The Morgan fingerprint density at radius 1 is 1.11 bits per heavy atom. The minimum Gasteiger partial charge on any atom is -0.338 e. The Morgan fingerprint density at radius 3 is 2.83 bits per heavy atom. The van der Waals surface area contributed by atoms with Crippen LogP contribution in [-0.2, 0) is 0 Å². The molecule has 4 nitrogen and oxygen atoms in total. The van der Waals surface area contributed by atoms with Crippen LogP contribution in [0.3, 0.4) is 0 Å². The SMILES string of the molecule is CCNc1nc(-c2cccc3ccccc23)no1. The van der Waals surface area contributed by atoms with Crippen LogP contribution in [0.25, 0.3) is 22.2 Å². The van der Waals surface area contributed by atoms with Gasteiger partial charge in [0, 0.05) is 12.1 Å². The zero-order chi connectivity index (χ0) is 12.4. The van der Waals surface area contributed by atoms with Crippen molar-refractivity contribution in [3.05, 3.63) is 42.5 Å². The summed E-state index contributed by atoms with van der Waals surface area (Å²) >= 11 is 0. The first-order valence-corrected chi connectivity index (χ1v) is 5.94. The quantitative estimate of drug-likeness (QED) is 0.761. The van der Waals surface area contributed by atoms with Gasteiger partial charge in [-0.1, -0.05) is 47.6 Å². The van der Waals surface area contributed by atoms with E-state index in [9.17, 15) is 0 Å². The molecule has 0 amide bonds. The topological polar surface area (TPSA) is 51.0 Å². The van der Waals surface area contributed by atoms with Gasteiger partial charge in [-0.15, -0.1) is 0 Å². The van der Waals surface area contributed by atoms with E-state index in [1.54, 1.807) is 0 Å². The molecule has 3 rings (SSSR count). The summed E-state index contributed by atoms with van der Waals surface area (Å²) in [7, 11) is 0. The third-order valence-corrected chi connectivity index (χ3v) is 2.78. The number of hydrogen-bond donors (Lipinski definition) is 1. The highest BCUT2D eigenvalue weighted by atomic mass is 16.5. The largest absolute Gasteiger partial charge is 0.338 e. The smallest absolute Gasteiger partial charge is 0.321 e. The van der Waals surface area contributed by atoms with Gasteiger partial charge in [-0.05, 0) is 17.7 Å². The second-order valence-corrected chi connectivity index (χ2v) is 3.98. The lowest BCUT2D eigenvalue weighted by Crippen LogP contribution is -1.95. The van der Waals surface area contributed by atoms with E-state index in [0.29, 0.717) is 11.8 Å². The molecule has 0 atom stereocenters. The number of anilines is 1. The van der Waals surface area contributed by atoms with Crippen LogP contribution in [0.4, 0.5) is 6.01 Å². The molecule has 0 aliphatic carbocycles. The molecular formula is C14H13N3O. The van der Waals surface area contributed by atoms with E-state index in [0.717, 1.165) is 17.5 Å². The molecule has 90 valence electrons. The lowest BCUT2D eigenvalue weighted by Gasteiger charge is -2.01. The van der Waals surface area contributed by atoms with Crippen molar-refractivity contribution in [2.75, 3.05) is 11.9 Å². The maximum absolute atomic E-state index is 5.14. The fraction of sp³-hybridized carbons (Fsp3) is 0.143. The third-order valence-electron chi connectivity index (χ3n) is 2.78. The molecule has 0 spiro atoms. The average molecular weight is 239 g/mol. The van der Waals surface area contributed by atoms with Gasteiger partial charge in [-0.3, -0.25) is 0 Å². The molecule has 18 heavy (non-hydrogen) atoms. The van der Waals surface area contributed by atoms with Gasteiger partial charge in [0.1, 0.15) is 0 Å². The number of aromatic nitrogens is 2. The highest BCUT2D eigenvalue weighted by molar-refractivity contribution is 5.94. The summed E-state index contributed by atoms with van der Waals surface area (Å²) < 4.78 is 5.14. The number of fused-ring (bicyclic) bond motifs is 1. The van der Waals surface area contributed by atoms with Gasteiger partial charge in [0.25, 0.3) is 0 Å². The second kappa shape index (κ2) is 4.49. The molecule has 0 saturated carbocycles. The van der Waals surface area contributed by atoms with Crippen molar-refractivity contribution in [3.63, 3.8) is 0 Å². The molecule has 0 fully saturated rings. The Balaban J connectivity index is 2.12. The van der Waals surface area contributed by atoms with E-state index < -0.39 is 0 Å². The number of hydrogen-bond acceptors (Lipinski definition) is 4. The molecule has 1 N–H and O–H groups in total. The molecule has 4 heteroatoms. The minimum absolute atomic E-state index is 0.459. The van der Waals surface area contributed by atoms with Gasteiger partial charge in [-0.2, -0.15) is 4.98 Å². The van der Waals surface area contributed by atoms with E-state index in [2.05, 4.69) is 33.7 Å². The molecule has 0 radical (unpaired) electrons. The van der Waals surface area contributed by atoms with Crippen LogP contribution in [0.2, 0.25) is 0 Å². The van der Waals surface area contributed by atoms with E-state index in [4.69, 9.17) is 4.52 Å². The Kier molecular flexibility index (Phi) is 2.68. The summed E-state index contributed by atoms with van der Waals surface area (Å²) in [4.78, 5) is 4.33. The van der Waals surface area contributed by atoms with E-state index in [-0.39, 0.29) is 0 Å². The Morgan fingerprint density at radius 2 is 1.94 bits per heavy atom. The van der Waals surface area contributed by atoms with E-state index in [1.807, 2.05) is 31.2 Å². The Labute approximate surface area is 105 Å².